The van der Waals surface area contributed by atoms with Crippen LogP contribution in [0.25, 0.3) is 10.1 Å². The topological polar surface area (TPSA) is 50.8 Å². The van der Waals surface area contributed by atoms with Gasteiger partial charge in [0.05, 0.1) is 0 Å². The minimum absolute atomic E-state index is 0.00941. The van der Waals surface area contributed by atoms with Crippen LogP contribution in [0.1, 0.15) is 28.8 Å². The highest BCUT2D eigenvalue weighted by Crippen LogP contribution is 2.31. The highest BCUT2D eigenvalue weighted by atomic mass is 32.1. The number of hydrogen-bond donors (Lipinski definition) is 1. The van der Waals surface area contributed by atoms with E-state index in [2.05, 4.69) is 33.8 Å². The first-order valence-electron chi connectivity index (χ1n) is 10.6. The Morgan fingerprint density at radius 1 is 1.03 bits per heavy atom. The SMILES string of the molecule is O=C(NC(Cc1ccc2c(c1)OCCO2)CN1CCCC1)c1ccc2sccc2c1. The van der Waals surface area contributed by atoms with Gasteiger partial charge in [0.2, 0.25) is 0 Å². The Kier molecular flexibility index (Phi) is 5.60. The number of ether oxygens (including phenoxy) is 2. The molecule has 156 valence electrons. The van der Waals surface area contributed by atoms with E-state index < -0.39 is 0 Å². The van der Waals surface area contributed by atoms with E-state index in [0.717, 1.165) is 54.1 Å². The molecule has 1 N–H and O–H groups in total. The molecule has 1 atom stereocenters. The van der Waals surface area contributed by atoms with Crippen LogP contribution in [0.5, 0.6) is 11.5 Å². The van der Waals surface area contributed by atoms with Crippen LogP contribution in [0.15, 0.2) is 47.8 Å². The van der Waals surface area contributed by atoms with Crippen LogP contribution < -0.4 is 14.8 Å². The second kappa shape index (κ2) is 8.66. The predicted molar refractivity (Wildman–Crippen MR) is 120 cm³/mol. The standard InChI is InChI=1S/C24H26N2O3S/c27-24(19-4-6-23-18(15-19)7-12-30-23)25-20(16-26-8-1-2-9-26)13-17-3-5-21-22(14-17)29-11-10-28-21/h3-7,12,14-15,20H,1-2,8-11,13,16H2,(H,25,27). The molecule has 0 spiro atoms. The Hall–Kier alpha value is -2.57. The lowest BCUT2D eigenvalue weighted by atomic mass is 10.0. The largest absolute Gasteiger partial charge is 0.486 e. The molecular formula is C24H26N2O3S. The van der Waals surface area contributed by atoms with E-state index in [1.807, 2.05) is 24.3 Å². The predicted octanol–water partition coefficient (Wildman–Crippen LogP) is 4.11. The van der Waals surface area contributed by atoms with Crippen LogP contribution in [0, 0.1) is 0 Å². The number of thiophene rings is 1. The fourth-order valence-corrected chi connectivity index (χ4v) is 5.08. The summed E-state index contributed by atoms with van der Waals surface area (Å²) in [5.41, 5.74) is 1.87. The molecule has 5 rings (SSSR count). The van der Waals surface area contributed by atoms with Gasteiger partial charge >= 0.3 is 0 Å². The zero-order chi connectivity index (χ0) is 20.3. The summed E-state index contributed by atoms with van der Waals surface area (Å²) in [6.07, 6.45) is 3.23. The molecule has 2 aliphatic rings. The number of carbonyl (C=O) groups is 1. The number of carbonyl (C=O) groups excluding carboxylic acids is 1. The highest BCUT2D eigenvalue weighted by Gasteiger charge is 2.21. The van der Waals surface area contributed by atoms with E-state index in [9.17, 15) is 4.79 Å². The van der Waals surface area contributed by atoms with E-state index in [1.54, 1.807) is 11.3 Å². The summed E-state index contributed by atoms with van der Waals surface area (Å²) < 4.78 is 12.6. The van der Waals surface area contributed by atoms with Gasteiger partial charge in [-0.2, -0.15) is 0 Å². The molecule has 2 aromatic carbocycles. The van der Waals surface area contributed by atoms with Crippen molar-refractivity contribution in [1.82, 2.24) is 10.2 Å². The lowest BCUT2D eigenvalue weighted by Gasteiger charge is -2.25. The molecule has 1 aromatic heterocycles. The molecule has 5 nitrogen and oxygen atoms in total. The van der Waals surface area contributed by atoms with E-state index in [-0.39, 0.29) is 11.9 Å². The maximum Gasteiger partial charge on any atom is 0.251 e. The number of likely N-dealkylation sites (tertiary alicyclic amines) is 1. The Morgan fingerprint density at radius 2 is 1.87 bits per heavy atom. The number of amides is 1. The van der Waals surface area contributed by atoms with Gasteiger partial charge in [0.25, 0.3) is 5.91 Å². The third-order valence-corrected chi connectivity index (χ3v) is 6.71. The third kappa shape index (κ3) is 4.30. The smallest absolute Gasteiger partial charge is 0.251 e. The summed E-state index contributed by atoms with van der Waals surface area (Å²) in [7, 11) is 0. The number of benzene rings is 2. The number of fused-ring (bicyclic) bond motifs is 2. The van der Waals surface area contributed by atoms with Crippen LogP contribution in [0.4, 0.5) is 0 Å². The van der Waals surface area contributed by atoms with Crippen LogP contribution in [-0.4, -0.2) is 49.7 Å². The molecule has 1 fully saturated rings. The van der Waals surface area contributed by atoms with Gasteiger partial charge in [0, 0.05) is 22.8 Å². The molecule has 0 bridgehead atoms. The van der Waals surface area contributed by atoms with Crippen LogP contribution in [-0.2, 0) is 6.42 Å². The van der Waals surface area contributed by atoms with Crippen molar-refractivity contribution in [3.63, 3.8) is 0 Å². The van der Waals surface area contributed by atoms with Crippen molar-refractivity contribution in [2.45, 2.75) is 25.3 Å². The molecule has 3 aromatic rings. The number of hydrogen-bond acceptors (Lipinski definition) is 5. The fourth-order valence-electron chi connectivity index (χ4n) is 4.31. The van der Waals surface area contributed by atoms with E-state index in [0.29, 0.717) is 13.2 Å². The molecule has 0 saturated carbocycles. The van der Waals surface area contributed by atoms with Gasteiger partial charge in [-0.05, 0) is 85.1 Å². The van der Waals surface area contributed by atoms with Gasteiger partial charge in [-0.3, -0.25) is 4.79 Å². The average Bonchev–Trinajstić information content (AvgIpc) is 3.44. The third-order valence-electron chi connectivity index (χ3n) is 5.82. The van der Waals surface area contributed by atoms with Gasteiger partial charge < -0.3 is 19.7 Å². The zero-order valence-corrected chi connectivity index (χ0v) is 17.7. The summed E-state index contributed by atoms with van der Waals surface area (Å²) in [6, 6.07) is 14.1. The van der Waals surface area contributed by atoms with Crippen LogP contribution >= 0.6 is 11.3 Å². The Labute approximate surface area is 180 Å². The van der Waals surface area contributed by atoms with Crippen molar-refractivity contribution in [3.8, 4) is 11.5 Å². The Morgan fingerprint density at radius 3 is 2.73 bits per heavy atom. The summed E-state index contributed by atoms with van der Waals surface area (Å²) >= 11 is 1.70. The number of rotatable bonds is 6. The van der Waals surface area contributed by atoms with E-state index >= 15 is 0 Å². The van der Waals surface area contributed by atoms with E-state index in [1.165, 1.54) is 17.5 Å². The maximum atomic E-state index is 13.0. The molecule has 2 aliphatic heterocycles. The zero-order valence-electron chi connectivity index (χ0n) is 16.9. The minimum Gasteiger partial charge on any atom is -0.486 e. The molecule has 1 unspecified atom stereocenters. The Balaban J connectivity index is 1.33. The summed E-state index contributed by atoms with van der Waals surface area (Å²) in [4.78, 5) is 15.5. The molecule has 0 aliphatic carbocycles. The molecule has 1 saturated heterocycles. The van der Waals surface area contributed by atoms with Gasteiger partial charge in [-0.25, -0.2) is 0 Å². The van der Waals surface area contributed by atoms with E-state index in [4.69, 9.17) is 9.47 Å². The van der Waals surface area contributed by atoms with Gasteiger partial charge in [0.1, 0.15) is 13.2 Å². The molecule has 6 heteroatoms. The molecule has 0 radical (unpaired) electrons. The second-order valence-corrected chi connectivity index (χ2v) is 8.98. The number of nitrogens with one attached hydrogen (secondary N) is 1. The van der Waals surface area contributed by atoms with Crippen molar-refractivity contribution in [2.75, 3.05) is 32.8 Å². The van der Waals surface area contributed by atoms with Crippen LogP contribution in [0.3, 0.4) is 0 Å². The minimum atomic E-state index is -0.00941. The van der Waals surface area contributed by atoms with Crippen LogP contribution in [0.2, 0.25) is 0 Å². The lowest BCUT2D eigenvalue weighted by molar-refractivity contribution is 0.0927. The molecule has 1 amide bonds. The highest BCUT2D eigenvalue weighted by molar-refractivity contribution is 7.17. The van der Waals surface area contributed by atoms with Crippen molar-refractivity contribution in [1.29, 1.82) is 0 Å². The Bertz CT molecular complexity index is 1040. The molecule has 30 heavy (non-hydrogen) atoms. The normalized spacial score (nSPS) is 17.2. The van der Waals surface area contributed by atoms with Crippen molar-refractivity contribution in [3.05, 3.63) is 59.0 Å². The first-order valence-corrected chi connectivity index (χ1v) is 11.5. The fraction of sp³-hybridized carbons (Fsp3) is 0.375. The summed E-state index contributed by atoms with van der Waals surface area (Å²) in [5, 5.41) is 6.48. The summed E-state index contributed by atoms with van der Waals surface area (Å²) in [5.74, 6) is 1.59. The summed E-state index contributed by atoms with van der Waals surface area (Å²) in [6.45, 7) is 4.24. The lowest BCUT2D eigenvalue weighted by Crippen LogP contribution is -2.44. The second-order valence-electron chi connectivity index (χ2n) is 8.03. The van der Waals surface area contributed by atoms with Gasteiger partial charge in [0.15, 0.2) is 11.5 Å². The maximum absolute atomic E-state index is 13.0. The average molecular weight is 423 g/mol. The van der Waals surface area contributed by atoms with Gasteiger partial charge in [-0.1, -0.05) is 6.07 Å². The van der Waals surface area contributed by atoms with Crippen molar-refractivity contribution >= 4 is 27.3 Å². The van der Waals surface area contributed by atoms with Gasteiger partial charge in [-0.15, -0.1) is 11.3 Å². The molecule has 3 heterocycles. The van der Waals surface area contributed by atoms with Crippen molar-refractivity contribution in [2.24, 2.45) is 0 Å². The first kappa shape index (κ1) is 19.4. The quantitative estimate of drug-likeness (QED) is 0.650. The first-order chi connectivity index (χ1) is 14.7. The monoisotopic (exact) mass is 422 g/mol. The number of nitrogens with zero attached hydrogens (tertiary/aromatic N) is 1. The molecular weight excluding hydrogens is 396 g/mol. The van der Waals surface area contributed by atoms with Crippen molar-refractivity contribution < 1.29 is 14.3 Å².